The predicted octanol–water partition coefficient (Wildman–Crippen LogP) is 5.71. The fourth-order valence-electron chi connectivity index (χ4n) is 5.01. The summed E-state index contributed by atoms with van der Waals surface area (Å²) in [7, 11) is 0. The van der Waals surface area contributed by atoms with Crippen LogP contribution in [0.3, 0.4) is 0 Å². The smallest absolute Gasteiger partial charge is 0.251 e. The van der Waals surface area contributed by atoms with E-state index < -0.39 is 6.04 Å². The van der Waals surface area contributed by atoms with Crippen molar-refractivity contribution in [3.05, 3.63) is 67.6 Å². The lowest BCUT2D eigenvalue weighted by atomic mass is 9.95. The Morgan fingerprint density at radius 3 is 2.35 bits per heavy atom. The first kappa shape index (κ1) is 28.5. The zero-order chi connectivity index (χ0) is 26.4. The molecule has 6 nitrogen and oxygen atoms in total. The van der Waals surface area contributed by atoms with Crippen molar-refractivity contribution >= 4 is 58.2 Å². The van der Waals surface area contributed by atoms with E-state index in [2.05, 4.69) is 16.0 Å². The lowest BCUT2D eigenvalue weighted by molar-refractivity contribution is -0.133. The molecule has 2 atom stereocenters. The van der Waals surface area contributed by atoms with Crippen LogP contribution in [0.1, 0.15) is 54.4 Å². The van der Waals surface area contributed by atoms with E-state index in [1.165, 1.54) is 19.3 Å². The van der Waals surface area contributed by atoms with Gasteiger partial charge in [0.2, 0.25) is 5.91 Å². The third-order valence-electron chi connectivity index (χ3n) is 7.00. The second-order valence-electron chi connectivity index (χ2n) is 9.82. The van der Waals surface area contributed by atoms with Crippen molar-refractivity contribution in [3.8, 4) is 0 Å². The van der Waals surface area contributed by atoms with E-state index in [1.807, 2.05) is 17.0 Å². The Balaban J connectivity index is 1.43. The van der Waals surface area contributed by atoms with E-state index >= 15 is 0 Å². The van der Waals surface area contributed by atoms with E-state index in [9.17, 15) is 9.59 Å². The van der Waals surface area contributed by atoms with Gasteiger partial charge in [0.25, 0.3) is 5.91 Å². The molecule has 0 aromatic heterocycles. The monoisotopic (exact) mass is 584 g/mol. The normalized spacial score (nSPS) is 21.1. The van der Waals surface area contributed by atoms with Gasteiger partial charge in [-0.3, -0.25) is 9.59 Å². The first-order chi connectivity index (χ1) is 17.8. The maximum absolute atomic E-state index is 13.6. The molecular formula is C27H32Cl4N4O2. The highest BCUT2D eigenvalue weighted by Gasteiger charge is 2.31. The molecule has 0 bridgehead atoms. The molecule has 4 rings (SSSR count). The summed E-state index contributed by atoms with van der Waals surface area (Å²) in [4.78, 5) is 28.2. The molecule has 10 heteroatoms. The van der Waals surface area contributed by atoms with Gasteiger partial charge in [0.05, 0.1) is 16.1 Å². The first-order valence-corrected chi connectivity index (χ1v) is 14.3. The Hall–Kier alpha value is -1.54. The molecule has 1 saturated heterocycles. The average Bonchev–Trinajstić information content (AvgIpc) is 3.01. The van der Waals surface area contributed by atoms with E-state index in [1.54, 1.807) is 24.3 Å². The second-order valence-corrected chi connectivity index (χ2v) is 11.5. The first-order valence-electron chi connectivity index (χ1n) is 12.7. The number of hydrogen-bond acceptors (Lipinski definition) is 4. The van der Waals surface area contributed by atoms with Crippen LogP contribution in [0.5, 0.6) is 0 Å². The van der Waals surface area contributed by atoms with Gasteiger partial charge in [0, 0.05) is 53.9 Å². The Morgan fingerprint density at radius 2 is 1.65 bits per heavy atom. The number of halogens is 4. The summed E-state index contributed by atoms with van der Waals surface area (Å²) in [5.74, 6) is -0.212. The molecule has 1 saturated carbocycles. The Bertz CT molecular complexity index is 1090. The maximum Gasteiger partial charge on any atom is 0.251 e. The second kappa shape index (κ2) is 13.5. The van der Waals surface area contributed by atoms with Gasteiger partial charge in [-0.05, 0) is 61.2 Å². The van der Waals surface area contributed by atoms with Crippen LogP contribution in [0, 0.1) is 0 Å². The molecule has 37 heavy (non-hydrogen) atoms. The van der Waals surface area contributed by atoms with Crippen molar-refractivity contribution in [1.29, 1.82) is 0 Å². The van der Waals surface area contributed by atoms with E-state index in [0.29, 0.717) is 64.3 Å². The molecule has 2 fully saturated rings. The summed E-state index contributed by atoms with van der Waals surface area (Å²) < 4.78 is 0. The summed E-state index contributed by atoms with van der Waals surface area (Å²) in [6.07, 6.45) is 6.66. The quantitative estimate of drug-likeness (QED) is 0.371. The molecule has 0 spiro atoms. The molecule has 1 aliphatic carbocycles. The summed E-state index contributed by atoms with van der Waals surface area (Å²) in [5.41, 5.74) is 1.32. The molecular weight excluding hydrogens is 554 g/mol. The molecule has 3 N–H and O–H groups in total. The number of carbonyl (C=O) groups excluding carboxylic acids is 2. The molecule has 200 valence electrons. The van der Waals surface area contributed by atoms with E-state index in [4.69, 9.17) is 46.4 Å². The van der Waals surface area contributed by atoms with Crippen LogP contribution < -0.4 is 16.0 Å². The number of carbonyl (C=O) groups is 2. The van der Waals surface area contributed by atoms with Crippen molar-refractivity contribution in [2.75, 3.05) is 19.6 Å². The summed E-state index contributed by atoms with van der Waals surface area (Å²) >= 11 is 24.4. The van der Waals surface area contributed by atoms with Crippen LogP contribution in [-0.4, -0.2) is 54.5 Å². The van der Waals surface area contributed by atoms with E-state index in [-0.39, 0.29) is 17.9 Å². The molecule has 0 unspecified atom stereocenters. The molecule has 1 heterocycles. The summed E-state index contributed by atoms with van der Waals surface area (Å²) in [5, 5.41) is 11.9. The third kappa shape index (κ3) is 8.22. The minimum Gasteiger partial charge on any atom is -0.350 e. The van der Waals surface area contributed by atoms with Gasteiger partial charge in [-0.1, -0.05) is 65.7 Å². The van der Waals surface area contributed by atoms with Gasteiger partial charge in [-0.2, -0.15) is 0 Å². The van der Waals surface area contributed by atoms with Crippen LogP contribution in [0.4, 0.5) is 0 Å². The van der Waals surface area contributed by atoms with Gasteiger partial charge in [0.15, 0.2) is 0 Å². The summed E-state index contributed by atoms with van der Waals surface area (Å²) in [6, 6.07) is 10.1. The maximum atomic E-state index is 13.6. The van der Waals surface area contributed by atoms with Gasteiger partial charge in [-0.25, -0.2) is 0 Å². The highest BCUT2D eigenvalue weighted by molar-refractivity contribution is 6.42. The van der Waals surface area contributed by atoms with Crippen LogP contribution in [0.15, 0.2) is 36.4 Å². The van der Waals surface area contributed by atoms with Crippen LogP contribution in [0.2, 0.25) is 20.1 Å². The van der Waals surface area contributed by atoms with Gasteiger partial charge >= 0.3 is 0 Å². The zero-order valence-corrected chi connectivity index (χ0v) is 23.6. The Kier molecular flexibility index (Phi) is 10.4. The Labute approximate surface area is 238 Å². The highest BCUT2D eigenvalue weighted by atomic mass is 35.5. The van der Waals surface area contributed by atoms with Gasteiger partial charge in [-0.15, -0.1) is 0 Å². The molecule has 1 aliphatic heterocycles. The number of nitrogens with zero attached hydrogens (tertiary/aromatic N) is 1. The lowest BCUT2D eigenvalue weighted by Crippen LogP contribution is -2.54. The van der Waals surface area contributed by atoms with Crippen LogP contribution in [0.25, 0.3) is 0 Å². The Morgan fingerprint density at radius 1 is 0.919 bits per heavy atom. The molecule has 2 aromatic rings. The van der Waals surface area contributed by atoms with Crippen molar-refractivity contribution in [2.24, 2.45) is 0 Å². The fraction of sp³-hybridized carbons (Fsp3) is 0.481. The lowest BCUT2D eigenvalue weighted by Gasteiger charge is -2.28. The van der Waals surface area contributed by atoms with Crippen molar-refractivity contribution in [3.63, 3.8) is 0 Å². The van der Waals surface area contributed by atoms with Crippen LogP contribution >= 0.6 is 46.4 Å². The van der Waals surface area contributed by atoms with E-state index in [0.717, 1.165) is 18.4 Å². The summed E-state index contributed by atoms with van der Waals surface area (Å²) in [6.45, 7) is 1.88. The number of amides is 2. The highest BCUT2D eigenvalue weighted by Crippen LogP contribution is 2.23. The number of hydrogen-bond donors (Lipinski definition) is 3. The van der Waals surface area contributed by atoms with Crippen molar-refractivity contribution in [1.82, 2.24) is 20.9 Å². The topological polar surface area (TPSA) is 73.5 Å². The van der Waals surface area contributed by atoms with Crippen molar-refractivity contribution in [2.45, 2.75) is 63.2 Å². The largest absolute Gasteiger partial charge is 0.350 e. The van der Waals surface area contributed by atoms with Gasteiger partial charge in [0.1, 0.15) is 0 Å². The molecule has 2 amide bonds. The number of benzene rings is 2. The minimum atomic E-state index is -0.411. The fourth-order valence-corrected chi connectivity index (χ4v) is 5.88. The average molecular weight is 586 g/mol. The number of rotatable bonds is 8. The third-order valence-corrected chi connectivity index (χ3v) is 8.17. The van der Waals surface area contributed by atoms with Gasteiger partial charge < -0.3 is 20.9 Å². The minimum absolute atomic E-state index is 0.0257. The predicted molar refractivity (Wildman–Crippen MR) is 151 cm³/mol. The zero-order valence-electron chi connectivity index (χ0n) is 20.5. The molecule has 2 aliphatic rings. The van der Waals surface area contributed by atoms with Crippen LogP contribution in [-0.2, 0) is 11.3 Å². The standard InChI is InChI=1S/C27H32Cl4N4O2/c28-19-10-17(11-20(29)13-19)16-35-9-8-22(14-33-26(36)18-6-7-23(30)24(31)12-18)34-25(27(35)37)15-32-21-4-2-1-3-5-21/h6-7,10-13,21-22,25,32,34H,1-5,8-9,14-16H2,(H,33,36)/t22-,25-/m0/s1. The SMILES string of the molecule is O=C(NC[C@@H]1CCN(Cc2cc(Cl)cc(Cl)c2)C(=O)[C@H](CNC2CCCCC2)N1)c1ccc(Cl)c(Cl)c1. The number of nitrogens with one attached hydrogen (secondary N) is 3. The van der Waals surface area contributed by atoms with Crippen molar-refractivity contribution < 1.29 is 9.59 Å². The molecule has 2 aromatic carbocycles. The molecule has 0 radical (unpaired) electrons.